The number of carboxylic acid groups (broad SMARTS) is 1. The first-order chi connectivity index (χ1) is 16.4. The van der Waals surface area contributed by atoms with Crippen molar-refractivity contribution in [1.82, 2.24) is 10.2 Å². The van der Waals surface area contributed by atoms with Crippen LogP contribution in [0.25, 0.3) is 11.1 Å². The maximum atomic E-state index is 13.2. The molecule has 0 radical (unpaired) electrons. The van der Waals surface area contributed by atoms with Gasteiger partial charge in [-0.1, -0.05) is 48.5 Å². The topological polar surface area (TPSA) is 105 Å². The zero-order valence-electron chi connectivity index (χ0n) is 19.1. The number of nitrogens with one attached hydrogen (secondary N) is 1. The maximum absolute atomic E-state index is 13.2. The first-order valence-corrected chi connectivity index (χ1v) is 12.2. The predicted octanol–water partition coefficient (Wildman–Crippen LogP) is 2.96. The molecular weight excluding hydrogens is 456 g/mol. The first-order valence-electron chi connectivity index (χ1n) is 11.2. The zero-order valence-corrected chi connectivity index (χ0v) is 19.9. The fourth-order valence-electron chi connectivity index (χ4n) is 4.48. The molecule has 2 aromatic carbocycles. The number of amides is 2. The maximum Gasteiger partial charge on any atom is 0.407 e. The van der Waals surface area contributed by atoms with Crippen LogP contribution in [0.2, 0.25) is 0 Å². The van der Waals surface area contributed by atoms with Crippen LogP contribution in [0.1, 0.15) is 24.0 Å². The molecule has 1 fully saturated rings. The molecule has 1 saturated heterocycles. The summed E-state index contributed by atoms with van der Waals surface area (Å²) in [6.45, 7) is 2.30. The van der Waals surface area contributed by atoms with Gasteiger partial charge in [-0.15, -0.1) is 11.8 Å². The van der Waals surface area contributed by atoms with Crippen LogP contribution in [0.3, 0.4) is 0 Å². The number of carboxylic acids is 1. The number of fused-ring (bicyclic) bond motifs is 3. The Bertz CT molecular complexity index is 1030. The van der Waals surface area contributed by atoms with Gasteiger partial charge in [0.05, 0.1) is 6.10 Å². The van der Waals surface area contributed by atoms with Gasteiger partial charge in [0.25, 0.3) is 0 Å². The van der Waals surface area contributed by atoms with Crippen LogP contribution >= 0.6 is 11.8 Å². The predicted molar refractivity (Wildman–Crippen MR) is 129 cm³/mol. The number of hydrogen-bond acceptors (Lipinski definition) is 6. The number of benzene rings is 2. The lowest BCUT2D eigenvalue weighted by molar-refractivity contribution is -0.139. The summed E-state index contributed by atoms with van der Waals surface area (Å²) in [5.74, 6) is -0.915. The lowest BCUT2D eigenvalue weighted by Gasteiger charge is -2.34. The van der Waals surface area contributed by atoms with Gasteiger partial charge in [-0.25, -0.2) is 4.79 Å². The number of carbonyl (C=O) groups is 3. The average molecular weight is 485 g/mol. The quantitative estimate of drug-likeness (QED) is 0.623. The zero-order chi connectivity index (χ0) is 24.2. The Morgan fingerprint density at radius 3 is 2.32 bits per heavy atom. The largest absolute Gasteiger partial charge is 0.480 e. The summed E-state index contributed by atoms with van der Waals surface area (Å²) < 4.78 is 10.9. The van der Waals surface area contributed by atoms with Crippen LogP contribution < -0.4 is 5.32 Å². The van der Waals surface area contributed by atoms with Crippen molar-refractivity contribution in [2.24, 2.45) is 0 Å². The van der Waals surface area contributed by atoms with Crippen LogP contribution in [0.15, 0.2) is 48.5 Å². The van der Waals surface area contributed by atoms with E-state index in [-0.39, 0.29) is 25.0 Å². The Hall–Kier alpha value is -3.04. The molecule has 180 valence electrons. The van der Waals surface area contributed by atoms with Gasteiger partial charge in [-0.3, -0.25) is 9.59 Å². The average Bonchev–Trinajstić information content (AvgIpc) is 3.19. The standard InChI is InChI=1S/C25H28N2O6S/c1-15(32-2)22(23(28)27-11-12-34-21(13-27)24(29)30)26-25(31)33-14-20-18-9-5-3-7-16(18)17-8-4-6-10-19(17)20/h3-10,15,20-22H,11-14H2,1-2H3,(H,26,31)(H,29,30). The number of alkyl carbamates (subject to hydrolysis) is 1. The van der Waals surface area contributed by atoms with Crippen molar-refractivity contribution in [2.75, 3.05) is 32.6 Å². The molecule has 2 N–H and O–H groups in total. The van der Waals surface area contributed by atoms with E-state index in [0.29, 0.717) is 12.3 Å². The van der Waals surface area contributed by atoms with Crippen molar-refractivity contribution in [3.63, 3.8) is 0 Å². The van der Waals surface area contributed by atoms with E-state index in [4.69, 9.17) is 9.47 Å². The van der Waals surface area contributed by atoms with Gasteiger partial charge in [0, 0.05) is 31.9 Å². The second-order valence-electron chi connectivity index (χ2n) is 8.37. The van der Waals surface area contributed by atoms with E-state index in [1.165, 1.54) is 23.8 Å². The SMILES string of the molecule is COC(C)C(NC(=O)OCC1c2ccccc2-c2ccccc21)C(=O)N1CCSC(C(=O)O)C1. The van der Waals surface area contributed by atoms with Crippen LogP contribution in [0.5, 0.6) is 0 Å². The number of aliphatic carboxylic acids is 1. The van der Waals surface area contributed by atoms with Gasteiger partial charge >= 0.3 is 12.1 Å². The number of hydrogen-bond donors (Lipinski definition) is 2. The van der Waals surface area contributed by atoms with Gasteiger partial charge in [-0.05, 0) is 29.2 Å². The summed E-state index contributed by atoms with van der Waals surface area (Å²) in [6, 6.07) is 15.1. The van der Waals surface area contributed by atoms with Crippen LogP contribution in [0.4, 0.5) is 4.79 Å². The van der Waals surface area contributed by atoms with Crippen molar-refractivity contribution < 1.29 is 29.0 Å². The van der Waals surface area contributed by atoms with E-state index in [9.17, 15) is 19.5 Å². The summed E-state index contributed by atoms with van der Waals surface area (Å²) >= 11 is 1.31. The van der Waals surface area contributed by atoms with E-state index in [1.54, 1.807) is 6.92 Å². The highest BCUT2D eigenvalue weighted by Crippen LogP contribution is 2.44. The Labute approximate surface area is 202 Å². The third-order valence-electron chi connectivity index (χ3n) is 6.38. The molecule has 1 aliphatic heterocycles. The van der Waals surface area contributed by atoms with Gasteiger partial charge in [0.2, 0.25) is 5.91 Å². The Morgan fingerprint density at radius 1 is 1.12 bits per heavy atom. The van der Waals surface area contributed by atoms with E-state index in [0.717, 1.165) is 22.3 Å². The van der Waals surface area contributed by atoms with E-state index in [1.807, 2.05) is 36.4 Å². The molecule has 0 bridgehead atoms. The van der Waals surface area contributed by atoms with Crippen LogP contribution in [0, 0.1) is 0 Å². The van der Waals surface area contributed by atoms with Crippen LogP contribution in [-0.2, 0) is 19.1 Å². The first kappa shape index (κ1) is 24.1. The number of methoxy groups -OCH3 is 1. The second-order valence-corrected chi connectivity index (χ2v) is 9.68. The molecule has 2 aromatic rings. The minimum atomic E-state index is -0.988. The molecule has 2 amide bonds. The van der Waals surface area contributed by atoms with Gasteiger partial charge in [0.15, 0.2) is 0 Å². The molecule has 0 saturated carbocycles. The third-order valence-corrected chi connectivity index (χ3v) is 7.55. The molecule has 0 spiro atoms. The second kappa shape index (κ2) is 10.5. The summed E-state index contributed by atoms with van der Waals surface area (Å²) in [5, 5.41) is 11.3. The molecule has 34 heavy (non-hydrogen) atoms. The number of nitrogens with zero attached hydrogens (tertiary/aromatic N) is 1. The van der Waals surface area contributed by atoms with Crippen molar-refractivity contribution in [3.8, 4) is 11.1 Å². The Kier molecular flexibility index (Phi) is 7.43. The molecule has 1 heterocycles. The third kappa shape index (κ3) is 4.90. The molecule has 1 aliphatic carbocycles. The van der Waals surface area contributed by atoms with E-state index >= 15 is 0 Å². The van der Waals surface area contributed by atoms with Gasteiger partial charge in [-0.2, -0.15) is 0 Å². The van der Waals surface area contributed by atoms with Crippen molar-refractivity contribution in [2.45, 2.75) is 30.2 Å². The molecular formula is C25H28N2O6S. The summed E-state index contributed by atoms with van der Waals surface area (Å²) in [6.07, 6.45) is -1.34. The molecule has 0 aromatic heterocycles. The molecule has 3 unspecified atom stereocenters. The van der Waals surface area contributed by atoms with Gasteiger partial charge in [0.1, 0.15) is 17.9 Å². The summed E-state index contributed by atoms with van der Waals surface area (Å²) in [7, 11) is 1.45. The number of ether oxygens (including phenoxy) is 2. The Morgan fingerprint density at radius 2 is 1.74 bits per heavy atom. The fraction of sp³-hybridized carbons (Fsp3) is 0.400. The lowest BCUT2D eigenvalue weighted by atomic mass is 9.98. The van der Waals surface area contributed by atoms with Crippen molar-refractivity contribution >= 4 is 29.7 Å². The molecule has 2 aliphatic rings. The molecule has 3 atom stereocenters. The van der Waals surface area contributed by atoms with Crippen LogP contribution in [-0.4, -0.2) is 77.9 Å². The lowest BCUT2D eigenvalue weighted by Crippen LogP contribution is -2.57. The molecule has 8 nitrogen and oxygen atoms in total. The Balaban J connectivity index is 1.43. The van der Waals surface area contributed by atoms with Crippen molar-refractivity contribution in [1.29, 1.82) is 0 Å². The van der Waals surface area contributed by atoms with E-state index < -0.39 is 29.5 Å². The molecule has 9 heteroatoms. The number of carbonyl (C=O) groups excluding carboxylic acids is 2. The minimum Gasteiger partial charge on any atom is -0.480 e. The fourth-order valence-corrected chi connectivity index (χ4v) is 5.52. The summed E-state index contributed by atoms with van der Waals surface area (Å²) in [4.78, 5) is 38.8. The molecule has 4 rings (SSSR count). The number of thioether (sulfide) groups is 1. The highest BCUT2D eigenvalue weighted by molar-refractivity contribution is 8.00. The number of rotatable bonds is 7. The minimum absolute atomic E-state index is 0.0815. The summed E-state index contributed by atoms with van der Waals surface area (Å²) in [5.41, 5.74) is 4.45. The van der Waals surface area contributed by atoms with Crippen molar-refractivity contribution in [3.05, 3.63) is 59.7 Å². The smallest absolute Gasteiger partial charge is 0.407 e. The van der Waals surface area contributed by atoms with E-state index in [2.05, 4.69) is 17.4 Å². The monoisotopic (exact) mass is 484 g/mol. The van der Waals surface area contributed by atoms with Gasteiger partial charge < -0.3 is 24.8 Å². The normalized spacial score (nSPS) is 19.0. The highest BCUT2D eigenvalue weighted by atomic mass is 32.2. The highest BCUT2D eigenvalue weighted by Gasteiger charge is 2.36.